The van der Waals surface area contributed by atoms with Crippen LogP contribution in [0.3, 0.4) is 0 Å². The van der Waals surface area contributed by atoms with Gasteiger partial charge in [0.25, 0.3) is 0 Å². The third kappa shape index (κ3) is 6.43. The molecule has 5 rings (SSSR count). The quantitative estimate of drug-likeness (QED) is 0.192. The first kappa shape index (κ1) is 26.8. The number of benzene rings is 4. The molecule has 4 aromatic rings. The Kier molecular flexibility index (Phi) is 8.48. The maximum Gasteiger partial charge on any atom is 0.194 e. The molecule has 0 radical (unpaired) electrons. The normalized spacial score (nSPS) is 13.6. The maximum atomic E-state index is 14.1. The highest BCUT2D eigenvalue weighted by Crippen LogP contribution is 2.35. The van der Waals surface area contributed by atoms with Gasteiger partial charge in [0.05, 0.1) is 12.7 Å². The number of carbonyl (C=O) groups excluding carboxylic acids is 1. The first-order chi connectivity index (χ1) is 19.0. The van der Waals surface area contributed by atoms with Crippen LogP contribution in [0.2, 0.25) is 0 Å². The van der Waals surface area contributed by atoms with Gasteiger partial charge in [-0.3, -0.25) is 9.69 Å². The first-order valence-electron chi connectivity index (χ1n) is 14.0. The lowest BCUT2D eigenvalue weighted by atomic mass is 9.89. The summed E-state index contributed by atoms with van der Waals surface area (Å²) >= 11 is 0. The fourth-order valence-corrected chi connectivity index (χ4v) is 5.18. The van der Waals surface area contributed by atoms with Crippen LogP contribution in [0.25, 0.3) is 21.9 Å². The first-order valence-corrected chi connectivity index (χ1v) is 14.0. The molecule has 1 fully saturated rings. The van der Waals surface area contributed by atoms with Crippen LogP contribution in [-0.2, 0) is 0 Å². The largest absolute Gasteiger partial charge is 0.494 e. The van der Waals surface area contributed by atoms with E-state index in [1.807, 2.05) is 93.6 Å². The van der Waals surface area contributed by atoms with E-state index >= 15 is 0 Å². The highest BCUT2D eigenvalue weighted by Gasteiger charge is 2.19. The van der Waals surface area contributed by atoms with Gasteiger partial charge in [-0.2, -0.15) is 0 Å². The molecule has 0 bridgehead atoms. The molecule has 1 heterocycles. The van der Waals surface area contributed by atoms with Gasteiger partial charge in [0, 0.05) is 17.7 Å². The Bertz CT molecular complexity index is 1400. The molecule has 1 aliphatic heterocycles. The van der Waals surface area contributed by atoms with E-state index in [1.165, 1.54) is 12.8 Å². The zero-order chi connectivity index (χ0) is 27.2. The second-order valence-electron chi connectivity index (χ2n) is 10.2. The molecule has 0 amide bonds. The zero-order valence-corrected chi connectivity index (χ0v) is 23.1. The monoisotopic (exact) mass is 523 g/mol. The molecule has 1 saturated heterocycles. The van der Waals surface area contributed by atoms with Gasteiger partial charge in [-0.05, 0) is 123 Å². The minimum absolute atomic E-state index is 0.0223. The summed E-state index contributed by atoms with van der Waals surface area (Å²) in [6.45, 7) is 10.5. The van der Waals surface area contributed by atoms with Crippen molar-refractivity contribution in [1.29, 1.82) is 0 Å². The molecule has 1 aliphatic rings. The number of fused-ring (bicyclic) bond motifs is 1. The van der Waals surface area contributed by atoms with E-state index in [0.717, 1.165) is 58.8 Å². The van der Waals surface area contributed by atoms with Gasteiger partial charge in [-0.25, -0.2) is 0 Å². The van der Waals surface area contributed by atoms with Crippen LogP contribution in [0.15, 0.2) is 78.9 Å². The fraction of sp³-hybridized carbons (Fsp3) is 0.324. The number of rotatable bonds is 11. The predicted octanol–water partition coefficient (Wildman–Crippen LogP) is 7.40. The number of nitrogens with zero attached hydrogens (tertiary/aromatic N) is 1. The molecule has 0 unspecified atom stereocenters. The molecule has 5 nitrogen and oxygen atoms in total. The van der Waals surface area contributed by atoms with Gasteiger partial charge < -0.3 is 14.2 Å². The lowest BCUT2D eigenvalue weighted by molar-refractivity contribution is 0.104. The Morgan fingerprint density at radius 2 is 1.51 bits per heavy atom. The van der Waals surface area contributed by atoms with Crippen molar-refractivity contribution in [3.63, 3.8) is 0 Å². The van der Waals surface area contributed by atoms with Gasteiger partial charge in [-0.1, -0.05) is 24.3 Å². The van der Waals surface area contributed by atoms with Gasteiger partial charge >= 0.3 is 0 Å². The third-order valence-corrected chi connectivity index (χ3v) is 7.06. The van der Waals surface area contributed by atoms with E-state index in [9.17, 15) is 4.79 Å². The summed E-state index contributed by atoms with van der Waals surface area (Å²) in [6.07, 6.45) is 2.64. The molecule has 0 N–H and O–H groups in total. The predicted molar refractivity (Wildman–Crippen MR) is 157 cm³/mol. The third-order valence-electron chi connectivity index (χ3n) is 7.06. The maximum absolute atomic E-state index is 14.1. The fourth-order valence-electron chi connectivity index (χ4n) is 5.18. The summed E-state index contributed by atoms with van der Waals surface area (Å²) in [5.74, 6) is 2.36. The average Bonchev–Trinajstić information content (AvgIpc) is 3.46. The second-order valence-corrected chi connectivity index (χ2v) is 10.2. The van der Waals surface area contributed by atoms with Gasteiger partial charge in [-0.15, -0.1) is 0 Å². The number of ketones is 1. The van der Waals surface area contributed by atoms with Crippen molar-refractivity contribution >= 4 is 16.6 Å². The molecule has 0 aliphatic carbocycles. The van der Waals surface area contributed by atoms with E-state index in [4.69, 9.17) is 14.2 Å². The van der Waals surface area contributed by atoms with Crippen molar-refractivity contribution in [1.82, 2.24) is 4.90 Å². The number of likely N-dealkylation sites (tertiary alicyclic amines) is 1. The topological polar surface area (TPSA) is 48.0 Å². The Labute approximate surface area is 231 Å². The van der Waals surface area contributed by atoms with Crippen molar-refractivity contribution < 1.29 is 19.0 Å². The molecular formula is C34H37NO4. The molecular weight excluding hydrogens is 486 g/mol. The van der Waals surface area contributed by atoms with Gasteiger partial charge in [0.1, 0.15) is 23.9 Å². The van der Waals surface area contributed by atoms with Crippen LogP contribution in [0.1, 0.15) is 49.5 Å². The number of hydrogen-bond acceptors (Lipinski definition) is 5. The highest BCUT2D eigenvalue weighted by atomic mass is 16.5. The molecule has 0 atom stereocenters. The minimum Gasteiger partial charge on any atom is -0.494 e. The molecule has 0 spiro atoms. The lowest BCUT2D eigenvalue weighted by Crippen LogP contribution is -2.25. The summed E-state index contributed by atoms with van der Waals surface area (Å²) < 4.78 is 17.5. The van der Waals surface area contributed by atoms with Crippen LogP contribution in [0, 0.1) is 0 Å². The summed E-state index contributed by atoms with van der Waals surface area (Å²) in [4.78, 5) is 16.5. The SMILES string of the molecule is CCOc1ccc2c(C(=O)c3ccc(OCCN4CCCC4)cc3)c(-c3ccc(OC(C)C)cc3)ccc2c1. The van der Waals surface area contributed by atoms with E-state index < -0.39 is 0 Å². The summed E-state index contributed by atoms with van der Waals surface area (Å²) in [7, 11) is 0. The van der Waals surface area contributed by atoms with E-state index in [1.54, 1.807) is 0 Å². The van der Waals surface area contributed by atoms with Crippen LogP contribution < -0.4 is 14.2 Å². The summed E-state index contributed by atoms with van der Waals surface area (Å²) in [5, 5.41) is 1.86. The zero-order valence-electron chi connectivity index (χ0n) is 23.1. The summed E-state index contributed by atoms with van der Waals surface area (Å²) in [5.41, 5.74) is 3.16. The van der Waals surface area contributed by atoms with Crippen molar-refractivity contribution in [3.8, 4) is 28.4 Å². The molecule has 39 heavy (non-hydrogen) atoms. The Hall–Kier alpha value is -3.83. The van der Waals surface area contributed by atoms with Crippen molar-refractivity contribution in [2.24, 2.45) is 0 Å². The Morgan fingerprint density at radius 1 is 0.821 bits per heavy atom. The lowest BCUT2D eigenvalue weighted by Gasteiger charge is -2.16. The van der Waals surface area contributed by atoms with Crippen molar-refractivity contribution in [3.05, 3.63) is 90.0 Å². The molecule has 0 aromatic heterocycles. The van der Waals surface area contributed by atoms with Crippen LogP contribution in [-0.4, -0.2) is 49.6 Å². The number of hydrogen-bond donors (Lipinski definition) is 0. The standard InChI is InChI=1S/C34H37NO4/c1-4-37-30-16-18-32-27(23-30)11-17-31(25-7-14-29(15-8-25)39-24(2)3)33(32)34(36)26-9-12-28(13-10-26)38-22-21-35-19-5-6-20-35/h7-18,23-24H,4-6,19-22H2,1-3H3. The Morgan fingerprint density at radius 3 is 2.21 bits per heavy atom. The van der Waals surface area contributed by atoms with Crippen LogP contribution in [0.5, 0.6) is 17.2 Å². The number of carbonyl (C=O) groups is 1. The molecule has 4 aromatic carbocycles. The molecule has 0 saturated carbocycles. The minimum atomic E-state index is -0.0223. The molecule has 5 heteroatoms. The summed E-state index contributed by atoms with van der Waals surface area (Å²) in [6, 6.07) is 25.5. The smallest absolute Gasteiger partial charge is 0.194 e. The van der Waals surface area contributed by atoms with E-state index in [0.29, 0.717) is 24.3 Å². The van der Waals surface area contributed by atoms with Gasteiger partial charge in [0.15, 0.2) is 5.78 Å². The van der Waals surface area contributed by atoms with Crippen LogP contribution in [0.4, 0.5) is 0 Å². The Balaban J connectivity index is 1.46. The number of ether oxygens (including phenoxy) is 3. The second kappa shape index (κ2) is 12.4. The van der Waals surface area contributed by atoms with Crippen molar-refractivity contribution in [2.75, 3.05) is 32.8 Å². The van der Waals surface area contributed by atoms with E-state index in [-0.39, 0.29) is 11.9 Å². The van der Waals surface area contributed by atoms with Crippen molar-refractivity contribution in [2.45, 2.75) is 39.7 Å². The highest BCUT2D eigenvalue weighted by molar-refractivity contribution is 6.20. The van der Waals surface area contributed by atoms with E-state index in [2.05, 4.69) is 11.0 Å². The molecule has 202 valence electrons. The van der Waals surface area contributed by atoms with Gasteiger partial charge in [0.2, 0.25) is 0 Å². The average molecular weight is 524 g/mol. The van der Waals surface area contributed by atoms with Crippen LogP contribution >= 0.6 is 0 Å².